The summed E-state index contributed by atoms with van der Waals surface area (Å²) < 4.78 is 18.8. The fourth-order valence-corrected chi connectivity index (χ4v) is 4.18. The highest BCUT2D eigenvalue weighted by molar-refractivity contribution is 7.22. The van der Waals surface area contributed by atoms with Crippen LogP contribution in [-0.2, 0) is 0 Å². The van der Waals surface area contributed by atoms with Crippen LogP contribution in [0.1, 0.15) is 33.9 Å². The summed E-state index contributed by atoms with van der Waals surface area (Å²) in [6.45, 7) is 3.63. The average Bonchev–Trinajstić information content (AvgIpc) is 3.24. The fraction of sp³-hybridized carbons (Fsp3) is 0.222. The molecule has 1 aromatic carbocycles. The van der Waals surface area contributed by atoms with E-state index in [9.17, 15) is 9.18 Å². The smallest absolute Gasteiger partial charge is 0.263 e. The Morgan fingerprint density at radius 3 is 2.80 bits per heavy atom. The quantitative estimate of drug-likeness (QED) is 0.695. The highest BCUT2D eigenvalue weighted by Gasteiger charge is 2.19. The summed E-state index contributed by atoms with van der Waals surface area (Å²) in [5.41, 5.74) is 1.37. The van der Waals surface area contributed by atoms with E-state index in [1.807, 2.05) is 31.4 Å². The molecule has 0 spiro atoms. The Kier molecular flexibility index (Phi) is 5.15. The van der Waals surface area contributed by atoms with Gasteiger partial charge >= 0.3 is 0 Å². The second-order valence-corrected chi connectivity index (χ2v) is 7.45. The van der Waals surface area contributed by atoms with Gasteiger partial charge < -0.3 is 10.1 Å². The van der Waals surface area contributed by atoms with Gasteiger partial charge in [0.25, 0.3) is 5.91 Å². The van der Waals surface area contributed by atoms with E-state index in [4.69, 9.17) is 4.74 Å². The van der Waals surface area contributed by atoms with E-state index in [2.05, 4.69) is 10.3 Å². The summed E-state index contributed by atoms with van der Waals surface area (Å²) in [5.74, 6) is -0.474. The Hall–Kier alpha value is -2.25. The van der Waals surface area contributed by atoms with Crippen molar-refractivity contribution in [2.75, 3.05) is 7.11 Å². The third-order valence-corrected chi connectivity index (χ3v) is 5.95. The molecule has 0 fully saturated rings. The molecule has 0 bridgehead atoms. The number of ether oxygens (including phenoxy) is 1. The Labute approximate surface area is 153 Å². The van der Waals surface area contributed by atoms with Crippen LogP contribution in [0.2, 0.25) is 0 Å². The normalized spacial score (nSPS) is 12.0. The molecule has 4 nitrogen and oxygen atoms in total. The molecule has 3 rings (SSSR count). The van der Waals surface area contributed by atoms with Crippen LogP contribution in [0.25, 0.3) is 9.88 Å². The van der Waals surface area contributed by atoms with E-state index in [0.717, 1.165) is 9.88 Å². The zero-order chi connectivity index (χ0) is 18.0. The summed E-state index contributed by atoms with van der Waals surface area (Å²) in [6, 6.07) is 8.27. The van der Waals surface area contributed by atoms with Crippen molar-refractivity contribution in [3.63, 3.8) is 0 Å². The SMILES string of the molecule is COc1ccc([C@H](C)NC(=O)c2sc(-c3cccs3)nc2C)cc1F. The number of benzene rings is 1. The molecule has 0 aliphatic carbocycles. The maximum Gasteiger partial charge on any atom is 0.263 e. The van der Waals surface area contributed by atoms with Gasteiger partial charge in [0, 0.05) is 0 Å². The van der Waals surface area contributed by atoms with E-state index in [1.165, 1.54) is 24.5 Å². The van der Waals surface area contributed by atoms with Gasteiger partial charge in [-0.25, -0.2) is 9.37 Å². The molecule has 2 heterocycles. The molecule has 0 aliphatic heterocycles. The third-order valence-electron chi connectivity index (χ3n) is 3.76. The van der Waals surface area contributed by atoms with Crippen molar-refractivity contribution in [1.29, 1.82) is 0 Å². The Bertz CT molecular complexity index is 891. The van der Waals surface area contributed by atoms with E-state index in [0.29, 0.717) is 16.1 Å². The number of carbonyl (C=O) groups excluding carboxylic acids is 1. The highest BCUT2D eigenvalue weighted by atomic mass is 32.1. The van der Waals surface area contributed by atoms with Crippen LogP contribution in [0.3, 0.4) is 0 Å². The van der Waals surface area contributed by atoms with Gasteiger partial charge in [0.05, 0.1) is 23.7 Å². The molecule has 0 unspecified atom stereocenters. The monoisotopic (exact) mass is 376 g/mol. The predicted molar refractivity (Wildman–Crippen MR) is 99.0 cm³/mol. The number of carbonyl (C=O) groups is 1. The molecule has 25 heavy (non-hydrogen) atoms. The van der Waals surface area contributed by atoms with Gasteiger partial charge in [-0.2, -0.15) is 0 Å². The average molecular weight is 376 g/mol. The zero-order valence-electron chi connectivity index (χ0n) is 14.0. The number of thiazole rings is 1. The highest BCUT2D eigenvalue weighted by Crippen LogP contribution is 2.31. The van der Waals surface area contributed by atoms with Crippen LogP contribution >= 0.6 is 22.7 Å². The number of nitrogens with one attached hydrogen (secondary N) is 1. The second kappa shape index (κ2) is 7.33. The molecule has 0 saturated carbocycles. The maximum absolute atomic E-state index is 13.9. The number of amides is 1. The molecular weight excluding hydrogens is 359 g/mol. The van der Waals surface area contributed by atoms with Gasteiger partial charge in [-0.1, -0.05) is 12.1 Å². The number of methoxy groups -OCH3 is 1. The molecule has 0 aliphatic rings. The largest absolute Gasteiger partial charge is 0.494 e. The lowest BCUT2D eigenvalue weighted by molar-refractivity contribution is 0.0943. The molecular formula is C18H17FN2O2S2. The van der Waals surface area contributed by atoms with Crippen molar-refractivity contribution in [3.8, 4) is 15.6 Å². The minimum absolute atomic E-state index is 0.182. The van der Waals surface area contributed by atoms with Gasteiger partial charge in [-0.3, -0.25) is 4.79 Å². The summed E-state index contributed by atoms with van der Waals surface area (Å²) >= 11 is 2.95. The van der Waals surface area contributed by atoms with Gasteiger partial charge in [0.15, 0.2) is 11.6 Å². The minimum atomic E-state index is -0.449. The lowest BCUT2D eigenvalue weighted by atomic mass is 10.1. The van der Waals surface area contributed by atoms with E-state index in [1.54, 1.807) is 23.5 Å². The molecule has 1 N–H and O–H groups in total. The Morgan fingerprint density at radius 2 is 2.16 bits per heavy atom. The first-order chi connectivity index (χ1) is 12.0. The van der Waals surface area contributed by atoms with Crippen LogP contribution in [0.15, 0.2) is 35.7 Å². The number of nitrogens with zero attached hydrogens (tertiary/aromatic N) is 1. The molecule has 7 heteroatoms. The van der Waals surface area contributed by atoms with Crippen LogP contribution < -0.4 is 10.1 Å². The van der Waals surface area contributed by atoms with Crippen molar-refractivity contribution >= 4 is 28.6 Å². The first-order valence-electron chi connectivity index (χ1n) is 7.65. The van der Waals surface area contributed by atoms with Crippen LogP contribution in [0.5, 0.6) is 5.75 Å². The number of hydrogen-bond donors (Lipinski definition) is 1. The van der Waals surface area contributed by atoms with E-state index in [-0.39, 0.29) is 17.7 Å². The van der Waals surface area contributed by atoms with Crippen molar-refractivity contribution in [2.24, 2.45) is 0 Å². The fourth-order valence-electron chi connectivity index (χ4n) is 2.41. The van der Waals surface area contributed by atoms with E-state index < -0.39 is 5.82 Å². The third kappa shape index (κ3) is 3.72. The molecule has 0 radical (unpaired) electrons. The number of rotatable bonds is 5. The predicted octanol–water partition coefficient (Wildman–Crippen LogP) is 4.82. The maximum atomic E-state index is 13.9. The first kappa shape index (κ1) is 17.6. The number of hydrogen-bond acceptors (Lipinski definition) is 5. The number of aromatic nitrogens is 1. The lowest BCUT2D eigenvalue weighted by Gasteiger charge is -2.14. The summed E-state index contributed by atoms with van der Waals surface area (Å²) in [6.07, 6.45) is 0. The Morgan fingerprint density at radius 1 is 1.36 bits per heavy atom. The molecule has 0 saturated heterocycles. The van der Waals surface area contributed by atoms with Gasteiger partial charge in [-0.15, -0.1) is 22.7 Å². The molecule has 130 valence electrons. The first-order valence-corrected chi connectivity index (χ1v) is 9.34. The van der Waals surface area contributed by atoms with Crippen molar-refractivity contribution in [1.82, 2.24) is 10.3 Å². The summed E-state index contributed by atoms with van der Waals surface area (Å²) in [4.78, 5) is 18.7. The minimum Gasteiger partial charge on any atom is -0.494 e. The summed E-state index contributed by atoms with van der Waals surface area (Å²) in [5, 5.41) is 5.72. The zero-order valence-corrected chi connectivity index (χ0v) is 15.6. The molecule has 3 aromatic rings. The van der Waals surface area contributed by atoms with Crippen LogP contribution in [0, 0.1) is 12.7 Å². The topological polar surface area (TPSA) is 51.2 Å². The second-order valence-electron chi connectivity index (χ2n) is 5.50. The number of aryl methyl sites for hydroxylation is 1. The van der Waals surface area contributed by atoms with Crippen LogP contribution in [-0.4, -0.2) is 18.0 Å². The van der Waals surface area contributed by atoms with Gasteiger partial charge in [0.2, 0.25) is 0 Å². The van der Waals surface area contributed by atoms with Crippen molar-refractivity contribution in [3.05, 3.63) is 57.7 Å². The summed E-state index contributed by atoms with van der Waals surface area (Å²) in [7, 11) is 1.42. The standard InChI is InChI=1S/C18H17FN2O2S2/c1-10(12-6-7-14(23-3)13(19)9-12)20-17(22)16-11(2)21-18(25-16)15-5-4-8-24-15/h4-10H,1-3H3,(H,20,22)/t10-/m0/s1. The van der Waals surface area contributed by atoms with Gasteiger partial charge in [0.1, 0.15) is 9.88 Å². The number of thiophene rings is 1. The molecule has 1 atom stereocenters. The van der Waals surface area contributed by atoms with Crippen molar-refractivity contribution < 1.29 is 13.9 Å². The molecule has 2 aromatic heterocycles. The Balaban J connectivity index is 1.77. The number of halogens is 1. The van der Waals surface area contributed by atoms with E-state index >= 15 is 0 Å². The van der Waals surface area contributed by atoms with Crippen molar-refractivity contribution in [2.45, 2.75) is 19.9 Å². The lowest BCUT2D eigenvalue weighted by Crippen LogP contribution is -2.26. The van der Waals surface area contributed by atoms with Crippen LogP contribution in [0.4, 0.5) is 4.39 Å². The molecule has 1 amide bonds. The van der Waals surface area contributed by atoms with Gasteiger partial charge in [-0.05, 0) is 43.0 Å².